The van der Waals surface area contributed by atoms with E-state index in [9.17, 15) is 4.79 Å². The normalized spacial score (nSPS) is 18.0. The fraction of sp³-hybridized carbons (Fsp3) is 0.500. The zero-order valence-corrected chi connectivity index (χ0v) is 12.2. The Balaban J connectivity index is 1.93. The van der Waals surface area contributed by atoms with Crippen LogP contribution in [0, 0.1) is 9.49 Å². The number of hydrogen-bond donors (Lipinski definition) is 1. The van der Waals surface area contributed by atoms with E-state index in [0.717, 1.165) is 12.8 Å². The molecule has 1 saturated carbocycles. The van der Waals surface area contributed by atoms with Gasteiger partial charge in [0.1, 0.15) is 0 Å². The zero-order chi connectivity index (χ0) is 12.3. The Hall–Kier alpha value is -0.580. The lowest BCUT2D eigenvalue weighted by atomic mass is 10.0. The van der Waals surface area contributed by atoms with Crippen molar-refractivity contribution in [3.05, 3.63) is 33.4 Å². The second-order valence-corrected chi connectivity index (χ2v) is 6.01. The maximum absolute atomic E-state index is 12.0. The van der Waals surface area contributed by atoms with Crippen LogP contribution in [0.4, 0.5) is 0 Å². The first-order chi connectivity index (χ1) is 8.16. The van der Waals surface area contributed by atoms with Gasteiger partial charge in [-0.05, 0) is 60.1 Å². The number of hydrogen-bond acceptors (Lipinski definition) is 1. The van der Waals surface area contributed by atoms with Crippen LogP contribution in [0.3, 0.4) is 0 Å². The van der Waals surface area contributed by atoms with Crippen molar-refractivity contribution in [1.82, 2.24) is 5.32 Å². The van der Waals surface area contributed by atoms with Gasteiger partial charge in [0.05, 0.1) is 6.04 Å². The summed E-state index contributed by atoms with van der Waals surface area (Å²) in [5, 5.41) is 3.12. The molecule has 0 aliphatic heterocycles. The van der Waals surface area contributed by atoms with Crippen LogP contribution in [0.15, 0.2) is 24.3 Å². The first-order valence-electron chi connectivity index (χ1n) is 6.22. The van der Waals surface area contributed by atoms with Gasteiger partial charge in [-0.3, -0.25) is 4.79 Å². The molecule has 1 aliphatic rings. The van der Waals surface area contributed by atoms with E-state index >= 15 is 0 Å². The van der Waals surface area contributed by atoms with Crippen molar-refractivity contribution in [2.45, 2.75) is 38.6 Å². The van der Waals surface area contributed by atoms with Gasteiger partial charge in [-0.25, -0.2) is 0 Å². The summed E-state index contributed by atoms with van der Waals surface area (Å²) in [5.41, 5.74) is 1.18. The van der Waals surface area contributed by atoms with Gasteiger partial charge in [-0.2, -0.15) is 0 Å². The van der Waals surface area contributed by atoms with E-state index in [0.29, 0.717) is 0 Å². The molecule has 1 unspecified atom stereocenters. The van der Waals surface area contributed by atoms with E-state index in [-0.39, 0.29) is 17.9 Å². The Bertz CT molecular complexity index is 382. The third-order valence-corrected chi connectivity index (χ3v) is 4.17. The van der Waals surface area contributed by atoms with Gasteiger partial charge < -0.3 is 5.32 Å². The lowest BCUT2D eigenvalue weighted by Crippen LogP contribution is -2.31. The Morgan fingerprint density at radius 3 is 2.47 bits per heavy atom. The number of halogens is 1. The number of benzene rings is 1. The molecule has 0 radical (unpaired) electrons. The average Bonchev–Trinajstić information content (AvgIpc) is 2.83. The highest BCUT2D eigenvalue weighted by molar-refractivity contribution is 14.1. The number of rotatable bonds is 3. The van der Waals surface area contributed by atoms with Crippen LogP contribution in [-0.4, -0.2) is 5.91 Å². The smallest absolute Gasteiger partial charge is 0.223 e. The summed E-state index contributed by atoms with van der Waals surface area (Å²) in [6, 6.07) is 8.44. The van der Waals surface area contributed by atoms with Gasteiger partial charge in [-0.1, -0.05) is 25.0 Å². The summed E-state index contributed by atoms with van der Waals surface area (Å²) < 4.78 is 1.22. The van der Waals surface area contributed by atoms with E-state index in [4.69, 9.17) is 0 Å². The van der Waals surface area contributed by atoms with Crippen molar-refractivity contribution in [3.63, 3.8) is 0 Å². The lowest BCUT2D eigenvalue weighted by molar-refractivity contribution is -0.125. The first-order valence-corrected chi connectivity index (χ1v) is 7.30. The molecule has 1 fully saturated rings. The Morgan fingerprint density at radius 2 is 1.88 bits per heavy atom. The number of nitrogens with one attached hydrogen (secondary N) is 1. The van der Waals surface area contributed by atoms with Crippen LogP contribution in [-0.2, 0) is 4.79 Å². The van der Waals surface area contributed by atoms with Crippen LogP contribution in [0.2, 0.25) is 0 Å². The van der Waals surface area contributed by atoms with Crippen LogP contribution in [0.1, 0.15) is 44.2 Å². The molecule has 1 aliphatic carbocycles. The molecule has 0 aromatic heterocycles. The van der Waals surface area contributed by atoms with Gasteiger partial charge in [0.2, 0.25) is 5.91 Å². The summed E-state index contributed by atoms with van der Waals surface area (Å²) in [6.07, 6.45) is 4.53. The molecule has 2 nitrogen and oxygen atoms in total. The summed E-state index contributed by atoms with van der Waals surface area (Å²) >= 11 is 2.29. The number of carbonyl (C=O) groups excluding carboxylic acids is 1. The summed E-state index contributed by atoms with van der Waals surface area (Å²) in [5.74, 6) is 0.481. The number of amides is 1. The van der Waals surface area contributed by atoms with E-state index in [1.54, 1.807) is 0 Å². The Labute approximate surface area is 116 Å². The van der Waals surface area contributed by atoms with Gasteiger partial charge >= 0.3 is 0 Å². The summed E-state index contributed by atoms with van der Waals surface area (Å²) in [6.45, 7) is 2.05. The highest BCUT2D eigenvalue weighted by Crippen LogP contribution is 2.25. The number of carbonyl (C=O) groups is 1. The van der Waals surface area contributed by atoms with Crippen LogP contribution >= 0.6 is 22.6 Å². The first kappa shape index (κ1) is 12.9. The fourth-order valence-corrected chi connectivity index (χ4v) is 2.71. The predicted octanol–water partition coefficient (Wildman–Crippen LogP) is 3.66. The molecule has 1 aromatic rings. The van der Waals surface area contributed by atoms with Crippen molar-refractivity contribution < 1.29 is 4.79 Å². The minimum absolute atomic E-state index is 0.111. The third kappa shape index (κ3) is 3.44. The summed E-state index contributed by atoms with van der Waals surface area (Å²) in [7, 11) is 0. The summed E-state index contributed by atoms with van der Waals surface area (Å²) in [4.78, 5) is 12.0. The molecule has 0 saturated heterocycles. The molecule has 0 spiro atoms. The van der Waals surface area contributed by atoms with Crippen LogP contribution in [0.5, 0.6) is 0 Å². The van der Waals surface area contributed by atoms with Gasteiger partial charge in [-0.15, -0.1) is 0 Å². The van der Waals surface area contributed by atoms with Crippen LogP contribution < -0.4 is 5.32 Å². The Morgan fingerprint density at radius 1 is 1.29 bits per heavy atom. The molecule has 1 aromatic carbocycles. The molecular weight excluding hydrogens is 325 g/mol. The van der Waals surface area contributed by atoms with E-state index in [2.05, 4.69) is 59.1 Å². The van der Waals surface area contributed by atoms with Crippen molar-refractivity contribution in [1.29, 1.82) is 0 Å². The quantitative estimate of drug-likeness (QED) is 0.834. The molecule has 3 heteroatoms. The average molecular weight is 343 g/mol. The molecule has 1 atom stereocenters. The van der Waals surface area contributed by atoms with Crippen molar-refractivity contribution in [2.75, 3.05) is 0 Å². The van der Waals surface area contributed by atoms with Gasteiger partial charge in [0, 0.05) is 9.49 Å². The molecule has 92 valence electrons. The van der Waals surface area contributed by atoms with Gasteiger partial charge in [0.15, 0.2) is 0 Å². The molecule has 2 rings (SSSR count). The maximum atomic E-state index is 12.0. The second kappa shape index (κ2) is 5.85. The molecule has 17 heavy (non-hydrogen) atoms. The largest absolute Gasteiger partial charge is 0.349 e. The standard InChI is InChI=1S/C14H18INO/c1-10(11-6-8-13(15)9-7-11)16-14(17)12-4-2-3-5-12/h6-10,12H,2-5H2,1H3,(H,16,17). The van der Waals surface area contributed by atoms with Crippen molar-refractivity contribution >= 4 is 28.5 Å². The lowest BCUT2D eigenvalue weighted by Gasteiger charge is -2.17. The topological polar surface area (TPSA) is 29.1 Å². The monoisotopic (exact) mass is 343 g/mol. The highest BCUT2D eigenvalue weighted by Gasteiger charge is 2.23. The predicted molar refractivity (Wildman–Crippen MR) is 77.7 cm³/mol. The maximum Gasteiger partial charge on any atom is 0.223 e. The molecule has 0 bridgehead atoms. The van der Waals surface area contributed by atoms with Crippen molar-refractivity contribution in [2.24, 2.45) is 5.92 Å². The van der Waals surface area contributed by atoms with Gasteiger partial charge in [0.25, 0.3) is 0 Å². The van der Waals surface area contributed by atoms with E-state index < -0.39 is 0 Å². The zero-order valence-electron chi connectivity index (χ0n) is 10.1. The molecular formula is C14H18INO. The second-order valence-electron chi connectivity index (χ2n) is 4.76. The highest BCUT2D eigenvalue weighted by atomic mass is 127. The van der Waals surface area contributed by atoms with E-state index in [1.165, 1.54) is 22.0 Å². The molecule has 1 N–H and O–H groups in total. The Kier molecular flexibility index (Phi) is 4.42. The minimum atomic E-state index is 0.111. The minimum Gasteiger partial charge on any atom is -0.349 e. The van der Waals surface area contributed by atoms with Crippen LogP contribution in [0.25, 0.3) is 0 Å². The SMILES string of the molecule is CC(NC(=O)C1CCCC1)c1ccc(I)cc1. The van der Waals surface area contributed by atoms with E-state index in [1.807, 2.05) is 0 Å². The fourth-order valence-electron chi connectivity index (χ4n) is 2.35. The molecule has 1 amide bonds. The third-order valence-electron chi connectivity index (χ3n) is 3.45. The molecule has 0 heterocycles. The van der Waals surface area contributed by atoms with Crippen molar-refractivity contribution in [3.8, 4) is 0 Å².